The van der Waals surface area contributed by atoms with Crippen LogP contribution in [0.1, 0.15) is 94.9 Å². The molecule has 0 aliphatic carbocycles. The summed E-state index contributed by atoms with van der Waals surface area (Å²) in [5.41, 5.74) is -4.58. The van der Waals surface area contributed by atoms with Crippen LogP contribution in [-0.2, 0) is 33.2 Å². The van der Waals surface area contributed by atoms with Crippen molar-refractivity contribution in [1.82, 2.24) is 14.9 Å². The monoisotopic (exact) mass is 826 g/mol. The Kier molecular flexibility index (Phi) is 16.2. The molecule has 4 heterocycles. The molecule has 3 fully saturated rings. The van der Waals surface area contributed by atoms with Crippen molar-refractivity contribution in [1.29, 1.82) is 0 Å². The molecule has 332 valence electrons. The molecule has 18 atom stereocenters. The summed E-state index contributed by atoms with van der Waals surface area (Å²) in [6.45, 7) is 16.9. The second kappa shape index (κ2) is 19.5. The van der Waals surface area contributed by atoms with Crippen LogP contribution in [0.3, 0.4) is 0 Å². The van der Waals surface area contributed by atoms with E-state index in [-0.39, 0.29) is 43.1 Å². The van der Waals surface area contributed by atoms with Crippen LogP contribution in [0.25, 0.3) is 0 Å². The Bertz CT molecular complexity index is 1500. The van der Waals surface area contributed by atoms with Crippen molar-refractivity contribution in [2.45, 2.75) is 179 Å². The standard InChI is InChI=1S/C41H70N4O13/c1-14-28-41(10,51)33(47)23(4)30(44-58-38-42-16-15-17-43-38)21(2)19-39(8,50)35(57-37-31(46)27(45(11)12)18-22(3)53-37)24(5)32(25(6)36(49)55-28)56-29-20-40(9,52-13)34(48)26(7)54-29/h15-17,21-29,31-35,37,46-48,50-51H,14,18-20H2,1-13H3/b44-30+/t21-,22-,23+,24+,25-,26+,27+,28?,29+,31-,32?,33-,34+,35-,37+,39-,40-,41-/m1/s1. The summed E-state index contributed by atoms with van der Waals surface area (Å²) in [5.74, 6) is -4.24. The number of hydrogen-bond donors (Lipinski definition) is 5. The van der Waals surface area contributed by atoms with Gasteiger partial charge in [-0.3, -0.25) is 4.79 Å². The molecule has 3 saturated heterocycles. The first-order valence-corrected chi connectivity index (χ1v) is 20.5. The zero-order chi connectivity index (χ0) is 43.5. The third-order valence-electron chi connectivity index (χ3n) is 12.6. The van der Waals surface area contributed by atoms with Crippen molar-refractivity contribution < 1.29 is 63.6 Å². The quantitative estimate of drug-likeness (QED) is 0.178. The van der Waals surface area contributed by atoms with Crippen molar-refractivity contribution in [3.63, 3.8) is 0 Å². The first-order valence-electron chi connectivity index (χ1n) is 20.5. The van der Waals surface area contributed by atoms with Gasteiger partial charge >= 0.3 is 12.0 Å². The van der Waals surface area contributed by atoms with Crippen LogP contribution >= 0.6 is 0 Å². The Morgan fingerprint density at radius 2 is 1.57 bits per heavy atom. The predicted octanol–water partition coefficient (Wildman–Crippen LogP) is 2.44. The number of aliphatic hydroxyl groups excluding tert-OH is 3. The van der Waals surface area contributed by atoms with Gasteiger partial charge in [0.05, 0.1) is 53.4 Å². The molecule has 0 saturated carbocycles. The summed E-state index contributed by atoms with van der Waals surface area (Å²) in [6.07, 6.45) is -6.66. The van der Waals surface area contributed by atoms with Gasteiger partial charge in [-0.15, -0.1) is 0 Å². The largest absolute Gasteiger partial charge is 0.459 e. The van der Waals surface area contributed by atoms with E-state index in [1.165, 1.54) is 26.4 Å². The maximum atomic E-state index is 14.3. The molecular weight excluding hydrogens is 756 g/mol. The molecule has 17 nitrogen and oxygen atoms in total. The van der Waals surface area contributed by atoms with Gasteiger partial charge in [-0.25, -0.2) is 9.97 Å². The number of rotatable bonds is 9. The zero-order valence-corrected chi connectivity index (χ0v) is 36.5. The third kappa shape index (κ3) is 10.7. The fraction of sp³-hybridized carbons (Fsp3) is 0.854. The normalized spacial score (nSPS) is 45.7. The number of esters is 1. The number of methoxy groups -OCH3 is 1. The summed E-state index contributed by atoms with van der Waals surface area (Å²) >= 11 is 0. The Balaban J connectivity index is 1.89. The van der Waals surface area contributed by atoms with Crippen LogP contribution < -0.4 is 4.84 Å². The Hall–Kier alpha value is -2.42. The highest BCUT2D eigenvalue weighted by Gasteiger charge is 2.53. The fourth-order valence-corrected chi connectivity index (χ4v) is 9.02. The van der Waals surface area contributed by atoms with Crippen LogP contribution in [0, 0.1) is 23.7 Å². The van der Waals surface area contributed by atoms with Gasteiger partial charge in [0.1, 0.15) is 23.9 Å². The fourth-order valence-electron chi connectivity index (χ4n) is 9.02. The first-order chi connectivity index (χ1) is 27.0. The van der Waals surface area contributed by atoms with Crippen LogP contribution in [0.5, 0.6) is 6.01 Å². The lowest BCUT2D eigenvalue weighted by Gasteiger charge is -2.49. The molecule has 0 spiro atoms. The first kappa shape index (κ1) is 48.2. The third-order valence-corrected chi connectivity index (χ3v) is 12.6. The molecule has 58 heavy (non-hydrogen) atoms. The lowest BCUT2D eigenvalue weighted by molar-refractivity contribution is -0.317. The minimum atomic E-state index is -1.99. The molecular formula is C41H70N4O13. The van der Waals surface area contributed by atoms with Crippen LogP contribution in [-0.4, -0.2) is 158 Å². The molecule has 1 aromatic rings. The number of oxime groups is 1. The number of ether oxygens (including phenoxy) is 6. The average Bonchev–Trinajstić information content (AvgIpc) is 3.16. The molecule has 2 unspecified atom stereocenters. The zero-order valence-electron chi connectivity index (χ0n) is 36.5. The number of carbonyl (C=O) groups is 1. The van der Waals surface area contributed by atoms with E-state index < -0.39 is 102 Å². The van der Waals surface area contributed by atoms with E-state index in [9.17, 15) is 30.3 Å². The average molecular weight is 827 g/mol. The topological polar surface area (TPSA) is 224 Å². The van der Waals surface area contributed by atoms with Crippen LogP contribution in [0.15, 0.2) is 23.6 Å². The van der Waals surface area contributed by atoms with E-state index in [1.54, 1.807) is 61.5 Å². The molecule has 0 bridgehead atoms. The maximum Gasteiger partial charge on any atom is 0.345 e. The number of aromatic nitrogens is 2. The number of likely N-dealkylation sites (N-methyl/N-ethyl adjacent to an activating group) is 1. The molecule has 5 N–H and O–H groups in total. The van der Waals surface area contributed by atoms with Gasteiger partial charge in [0.2, 0.25) is 0 Å². The molecule has 0 amide bonds. The summed E-state index contributed by atoms with van der Waals surface area (Å²) in [4.78, 5) is 30.1. The lowest BCUT2D eigenvalue weighted by atomic mass is 9.73. The SMILES string of the molecule is CCC1OC(=O)[C@H](C)C(O[C@H]2C[C@@](C)(OC)[C@@H](O)[C@H](C)O2)[C@H](C)[C@@H](O[C@@H]2O[C@H](C)C[C@H](N(C)C)[C@H]2O)[C@](C)(O)C[C@@H](C)/C(=N\Oc2ncccn2)[C@H](C)[C@@H](O)[C@]1(C)O. The van der Waals surface area contributed by atoms with Gasteiger partial charge in [0, 0.05) is 49.7 Å². The number of aliphatic hydroxyl groups is 5. The van der Waals surface area contributed by atoms with Crippen molar-refractivity contribution in [2.75, 3.05) is 21.2 Å². The summed E-state index contributed by atoms with van der Waals surface area (Å²) in [6, 6.07) is 1.22. The lowest BCUT2D eigenvalue weighted by Crippen LogP contribution is -2.61. The second-order valence-corrected chi connectivity index (χ2v) is 17.7. The summed E-state index contributed by atoms with van der Waals surface area (Å²) in [5, 5.41) is 63.7. The molecule has 17 heteroatoms. The van der Waals surface area contributed by atoms with Crippen molar-refractivity contribution in [3.05, 3.63) is 18.5 Å². The second-order valence-electron chi connectivity index (χ2n) is 17.7. The van der Waals surface area contributed by atoms with Crippen LogP contribution in [0.4, 0.5) is 0 Å². The number of cyclic esters (lactones) is 1. The molecule has 4 rings (SSSR count). The molecule has 3 aliphatic heterocycles. The van der Waals surface area contributed by atoms with Crippen molar-refractivity contribution >= 4 is 11.7 Å². The molecule has 0 aromatic carbocycles. The van der Waals surface area contributed by atoms with Gasteiger partial charge < -0.3 is 63.7 Å². The van der Waals surface area contributed by atoms with Gasteiger partial charge in [-0.05, 0) is 81.0 Å². The highest BCUT2D eigenvalue weighted by Crippen LogP contribution is 2.41. The predicted molar refractivity (Wildman–Crippen MR) is 211 cm³/mol. The van der Waals surface area contributed by atoms with E-state index in [2.05, 4.69) is 15.1 Å². The number of carbonyl (C=O) groups excluding carboxylic acids is 1. The Morgan fingerprint density at radius 1 is 0.931 bits per heavy atom. The minimum absolute atomic E-state index is 0.0534. The number of nitrogens with zero attached hydrogens (tertiary/aromatic N) is 4. The highest BCUT2D eigenvalue weighted by atomic mass is 16.7. The molecule has 1 aromatic heterocycles. The van der Waals surface area contributed by atoms with Gasteiger partial charge in [0.15, 0.2) is 12.6 Å². The molecule has 3 aliphatic rings. The van der Waals surface area contributed by atoms with Crippen molar-refractivity contribution in [2.24, 2.45) is 28.8 Å². The minimum Gasteiger partial charge on any atom is -0.459 e. The Morgan fingerprint density at radius 3 is 2.16 bits per heavy atom. The van der Waals surface area contributed by atoms with Gasteiger partial charge in [-0.2, -0.15) is 0 Å². The van der Waals surface area contributed by atoms with E-state index >= 15 is 0 Å². The van der Waals surface area contributed by atoms with Gasteiger partial charge in [0.25, 0.3) is 0 Å². The van der Waals surface area contributed by atoms with E-state index in [1.807, 2.05) is 25.9 Å². The Labute approximate surface area is 343 Å². The maximum absolute atomic E-state index is 14.3. The van der Waals surface area contributed by atoms with E-state index in [0.717, 1.165) is 0 Å². The summed E-state index contributed by atoms with van der Waals surface area (Å²) in [7, 11) is 5.21. The highest BCUT2D eigenvalue weighted by molar-refractivity contribution is 5.89. The van der Waals surface area contributed by atoms with Gasteiger partial charge in [-0.1, -0.05) is 32.9 Å². The van der Waals surface area contributed by atoms with Crippen LogP contribution in [0.2, 0.25) is 0 Å². The molecule has 0 radical (unpaired) electrons. The van der Waals surface area contributed by atoms with E-state index in [0.29, 0.717) is 6.42 Å². The summed E-state index contributed by atoms with van der Waals surface area (Å²) < 4.78 is 37.7. The smallest absolute Gasteiger partial charge is 0.345 e. The number of hydrogen-bond acceptors (Lipinski definition) is 17. The van der Waals surface area contributed by atoms with E-state index in [4.69, 9.17) is 33.3 Å². The van der Waals surface area contributed by atoms with Crippen molar-refractivity contribution in [3.8, 4) is 6.01 Å².